The molecule has 1 fully saturated rings. The second-order valence-electron chi connectivity index (χ2n) is 5.88. The number of carboxylic acid groups (broad SMARTS) is 1. The van der Waals surface area contributed by atoms with E-state index in [0.29, 0.717) is 12.8 Å². The van der Waals surface area contributed by atoms with E-state index in [1.54, 1.807) is 6.92 Å². The maximum atomic E-state index is 11.8. The second kappa shape index (κ2) is 6.79. The molecule has 3 unspecified atom stereocenters. The molecule has 6 nitrogen and oxygen atoms in total. The van der Waals surface area contributed by atoms with Crippen LogP contribution in [0.1, 0.15) is 31.7 Å². The van der Waals surface area contributed by atoms with Crippen molar-refractivity contribution in [3.05, 3.63) is 35.9 Å². The summed E-state index contributed by atoms with van der Waals surface area (Å²) in [6, 6.07) is 7.97. The fraction of sp³-hybridized carbons (Fsp3) is 0.500. The molecular formula is C16H21NO5. The van der Waals surface area contributed by atoms with Gasteiger partial charge in [0.15, 0.2) is 0 Å². The number of carbonyl (C=O) groups is 2. The van der Waals surface area contributed by atoms with E-state index in [1.165, 1.54) is 0 Å². The predicted molar refractivity (Wildman–Crippen MR) is 79.2 cm³/mol. The first-order valence-corrected chi connectivity index (χ1v) is 7.32. The molecule has 0 aromatic heterocycles. The van der Waals surface area contributed by atoms with E-state index in [-0.39, 0.29) is 6.61 Å². The van der Waals surface area contributed by atoms with Crippen LogP contribution in [0.5, 0.6) is 0 Å². The highest BCUT2D eigenvalue weighted by Crippen LogP contribution is 2.37. The monoisotopic (exact) mass is 307 g/mol. The van der Waals surface area contributed by atoms with Crippen LogP contribution in [0.4, 0.5) is 4.79 Å². The van der Waals surface area contributed by atoms with E-state index in [2.05, 4.69) is 5.32 Å². The lowest BCUT2D eigenvalue weighted by atomic mass is 9.86. The molecule has 0 aliphatic heterocycles. The van der Waals surface area contributed by atoms with Crippen LogP contribution < -0.4 is 5.32 Å². The van der Waals surface area contributed by atoms with Crippen molar-refractivity contribution < 1.29 is 24.5 Å². The number of carboxylic acids is 1. The Balaban J connectivity index is 1.93. The highest BCUT2D eigenvalue weighted by Gasteiger charge is 2.45. The van der Waals surface area contributed by atoms with Gasteiger partial charge in [-0.1, -0.05) is 36.8 Å². The Morgan fingerprint density at radius 3 is 2.64 bits per heavy atom. The third-order valence-electron chi connectivity index (χ3n) is 4.15. The summed E-state index contributed by atoms with van der Waals surface area (Å²) in [6.07, 6.45) is 1.03. The number of amides is 1. The van der Waals surface area contributed by atoms with Crippen LogP contribution in [-0.4, -0.2) is 33.9 Å². The van der Waals surface area contributed by atoms with Crippen molar-refractivity contribution in [3.8, 4) is 0 Å². The van der Waals surface area contributed by atoms with Crippen LogP contribution in [0.3, 0.4) is 0 Å². The lowest BCUT2D eigenvalue weighted by molar-refractivity contribution is -0.143. The number of hydrogen-bond acceptors (Lipinski definition) is 4. The first kappa shape index (κ1) is 16.3. The average Bonchev–Trinajstić information content (AvgIpc) is 2.82. The summed E-state index contributed by atoms with van der Waals surface area (Å²) < 4.78 is 5.04. The number of aliphatic carboxylic acids is 1. The maximum Gasteiger partial charge on any atom is 0.408 e. The molecule has 1 amide bonds. The van der Waals surface area contributed by atoms with Gasteiger partial charge in [0.2, 0.25) is 0 Å². The molecule has 1 saturated carbocycles. The normalized spacial score (nSPS) is 25.5. The number of rotatable bonds is 5. The number of aliphatic hydroxyl groups is 1. The summed E-state index contributed by atoms with van der Waals surface area (Å²) in [5, 5.41) is 21.9. The molecular weight excluding hydrogens is 286 g/mol. The van der Waals surface area contributed by atoms with Crippen molar-refractivity contribution >= 4 is 12.1 Å². The number of nitrogens with one attached hydrogen (secondary N) is 1. The van der Waals surface area contributed by atoms with Gasteiger partial charge in [-0.2, -0.15) is 0 Å². The van der Waals surface area contributed by atoms with Crippen LogP contribution in [0.25, 0.3) is 0 Å². The van der Waals surface area contributed by atoms with Gasteiger partial charge in [0.25, 0.3) is 0 Å². The highest BCUT2D eigenvalue weighted by atomic mass is 16.5. The largest absolute Gasteiger partial charge is 0.480 e. The second-order valence-corrected chi connectivity index (χ2v) is 5.88. The summed E-state index contributed by atoms with van der Waals surface area (Å²) in [7, 11) is 0. The third-order valence-corrected chi connectivity index (χ3v) is 4.15. The summed E-state index contributed by atoms with van der Waals surface area (Å²) in [6.45, 7) is 1.68. The Hall–Kier alpha value is -2.08. The highest BCUT2D eigenvalue weighted by molar-refractivity contribution is 5.80. The van der Waals surface area contributed by atoms with Crippen molar-refractivity contribution in [2.45, 2.75) is 44.4 Å². The van der Waals surface area contributed by atoms with E-state index in [9.17, 15) is 19.8 Å². The Morgan fingerprint density at radius 1 is 1.41 bits per heavy atom. The number of hydrogen-bond donors (Lipinski definition) is 3. The van der Waals surface area contributed by atoms with Gasteiger partial charge in [-0.05, 0) is 25.3 Å². The lowest BCUT2D eigenvalue weighted by Crippen LogP contribution is -2.51. The molecule has 1 aromatic carbocycles. The molecule has 0 spiro atoms. The van der Waals surface area contributed by atoms with Crippen molar-refractivity contribution in [1.29, 1.82) is 0 Å². The smallest absolute Gasteiger partial charge is 0.408 e. The van der Waals surface area contributed by atoms with E-state index >= 15 is 0 Å². The Kier molecular flexibility index (Phi) is 5.03. The molecule has 1 aromatic rings. The van der Waals surface area contributed by atoms with Gasteiger partial charge < -0.3 is 20.3 Å². The van der Waals surface area contributed by atoms with Crippen LogP contribution in [-0.2, 0) is 16.1 Å². The molecule has 3 N–H and O–H groups in total. The zero-order valence-corrected chi connectivity index (χ0v) is 12.5. The van der Waals surface area contributed by atoms with E-state index in [0.717, 1.165) is 12.0 Å². The third kappa shape index (κ3) is 3.98. The van der Waals surface area contributed by atoms with Crippen LogP contribution >= 0.6 is 0 Å². The first-order valence-electron chi connectivity index (χ1n) is 7.32. The predicted octanol–water partition coefficient (Wildman–Crippen LogP) is 1.92. The fourth-order valence-corrected chi connectivity index (χ4v) is 2.93. The quantitative estimate of drug-likeness (QED) is 0.772. The molecule has 1 aliphatic carbocycles. The summed E-state index contributed by atoms with van der Waals surface area (Å²) in [5.74, 6) is -1.68. The minimum atomic E-state index is -1.16. The van der Waals surface area contributed by atoms with E-state index in [4.69, 9.17) is 4.74 Å². The SMILES string of the molecule is CC1(O)CCCC1C(NC(=O)OCc1ccccc1)C(=O)O. The van der Waals surface area contributed by atoms with Gasteiger partial charge in [-0.3, -0.25) is 0 Å². The van der Waals surface area contributed by atoms with Crippen LogP contribution in [0.2, 0.25) is 0 Å². The van der Waals surface area contributed by atoms with Crippen molar-refractivity contribution in [3.63, 3.8) is 0 Å². The number of benzene rings is 1. The molecule has 0 radical (unpaired) electrons. The number of ether oxygens (including phenoxy) is 1. The zero-order valence-electron chi connectivity index (χ0n) is 12.5. The minimum absolute atomic E-state index is 0.0695. The van der Waals surface area contributed by atoms with Gasteiger partial charge in [-0.15, -0.1) is 0 Å². The molecule has 2 rings (SSSR count). The topological polar surface area (TPSA) is 95.9 Å². The molecule has 120 valence electrons. The van der Waals surface area contributed by atoms with Crippen molar-refractivity contribution in [2.24, 2.45) is 5.92 Å². The lowest BCUT2D eigenvalue weighted by Gasteiger charge is -2.30. The zero-order chi connectivity index (χ0) is 16.2. The Morgan fingerprint density at radius 2 is 2.09 bits per heavy atom. The maximum absolute atomic E-state index is 11.8. The van der Waals surface area contributed by atoms with E-state index < -0.39 is 29.6 Å². The summed E-state index contributed by atoms with van der Waals surface area (Å²) >= 11 is 0. The van der Waals surface area contributed by atoms with Crippen LogP contribution in [0, 0.1) is 5.92 Å². The number of carbonyl (C=O) groups excluding carboxylic acids is 1. The Labute approximate surface area is 129 Å². The van der Waals surface area contributed by atoms with Gasteiger partial charge in [-0.25, -0.2) is 9.59 Å². The average molecular weight is 307 g/mol. The molecule has 0 saturated heterocycles. The molecule has 0 heterocycles. The fourth-order valence-electron chi connectivity index (χ4n) is 2.93. The standard InChI is InChI=1S/C16H21NO5/c1-16(21)9-5-8-12(16)13(14(18)19)17-15(20)22-10-11-6-3-2-4-7-11/h2-4,6-7,12-13,21H,5,8-10H2,1H3,(H,17,20)(H,18,19). The van der Waals surface area contributed by atoms with Gasteiger partial charge in [0, 0.05) is 5.92 Å². The van der Waals surface area contributed by atoms with Crippen molar-refractivity contribution in [1.82, 2.24) is 5.32 Å². The number of alkyl carbamates (subject to hydrolysis) is 1. The van der Waals surface area contributed by atoms with Gasteiger partial charge in [0.05, 0.1) is 5.60 Å². The van der Waals surface area contributed by atoms with E-state index in [1.807, 2.05) is 30.3 Å². The van der Waals surface area contributed by atoms with Crippen molar-refractivity contribution in [2.75, 3.05) is 0 Å². The molecule has 0 bridgehead atoms. The summed E-state index contributed by atoms with van der Waals surface area (Å²) in [5.41, 5.74) is -0.271. The van der Waals surface area contributed by atoms with Gasteiger partial charge >= 0.3 is 12.1 Å². The van der Waals surface area contributed by atoms with Gasteiger partial charge in [0.1, 0.15) is 12.6 Å². The summed E-state index contributed by atoms with van der Waals surface area (Å²) in [4.78, 5) is 23.2. The molecule has 3 atom stereocenters. The Bertz CT molecular complexity index is 529. The molecule has 22 heavy (non-hydrogen) atoms. The molecule has 1 aliphatic rings. The van der Waals surface area contributed by atoms with Crippen LogP contribution in [0.15, 0.2) is 30.3 Å². The minimum Gasteiger partial charge on any atom is -0.480 e. The molecule has 6 heteroatoms. The first-order chi connectivity index (χ1) is 10.4.